The summed E-state index contributed by atoms with van der Waals surface area (Å²) in [5.41, 5.74) is 0. The zero-order valence-electron chi connectivity index (χ0n) is 9.71. The first-order valence-corrected chi connectivity index (χ1v) is 7.54. The van der Waals surface area contributed by atoms with E-state index in [0.29, 0.717) is 5.78 Å². The third kappa shape index (κ3) is 2.99. The van der Waals surface area contributed by atoms with Crippen LogP contribution in [0.25, 0.3) is 0 Å². The second kappa shape index (κ2) is 5.38. The van der Waals surface area contributed by atoms with E-state index in [1.54, 1.807) is 0 Å². The van der Waals surface area contributed by atoms with Crippen LogP contribution in [0.4, 0.5) is 0 Å². The quantitative estimate of drug-likeness (QED) is 0.645. The smallest absolute Gasteiger partial charge is 0.143 e. The van der Waals surface area contributed by atoms with Crippen LogP contribution >= 0.6 is 11.8 Å². The molecule has 2 bridgehead atoms. The van der Waals surface area contributed by atoms with Crippen molar-refractivity contribution in [3.63, 3.8) is 0 Å². The SMILES string of the molecule is CCCSCC(=O)CC1CC2CCC1C2. The molecule has 2 rings (SSSR count). The number of fused-ring (bicyclic) bond motifs is 2. The second-order valence-electron chi connectivity index (χ2n) is 5.23. The van der Waals surface area contributed by atoms with Crippen LogP contribution in [-0.4, -0.2) is 17.3 Å². The first kappa shape index (κ1) is 11.5. The van der Waals surface area contributed by atoms with Gasteiger partial charge in [-0.05, 0) is 49.2 Å². The van der Waals surface area contributed by atoms with E-state index < -0.39 is 0 Å². The van der Waals surface area contributed by atoms with Gasteiger partial charge in [0.15, 0.2) is 0 Å². The van der Waals surface area contributed by atoms with Crippen LogP contribution in [0.5, 0.6) is 0 Å². The zero-order valence-corrected chi connectivity index (χ0v) is 10.5. The average molecular weight is 226 g/mol. The minimum atomic E-state index is 0.506. The van der Waals surface area contributed by atoms with Gasteiger partial charge in [0.2, 0.25) is 0 Å². The molecule has 2 saturated carbocycles. The summed E-state index contributed by atoms with van der Waals surface area (Å²) >= 11 is 1.82. The summed E-state index contributed by atoms with van der Waals surface area (Å²) in [6.07, 6.45) is 7.71. The van der Waals surface area contributed by atoms with E-state index in [1.165, 1.54) is 32.1 Å². The Bertz CT molecular complexity index is 227. The van der Waals surface area contributed by atoms with Crippen LogP contribution < -0.4 is 0 Å². The van der Waals surface area contributed by atoms with E-state index in [2.05, 4.69) is 6.92 Å². The molecule has 3 unspecified atom stereocenters. The number of ketones is 1. The number of rotatable bonds is 6. The molecule has 1 nitrogen and oxygen atoms in total. The Hall–Kier alpha value is 0.0200. The summed E-state index contributed by atoms with van der Waals surface area (Å²) in [6, 6.07) is 0. The topological polar surface area (TPSA) is 17.1 Å². The Kier molecular flexibility index (Phi) is 4.13. The van der Waals surface area contributed by atoms with Crippen molar-refractivity contribution in [2.45, 2.75) is 45.4 Å². The van der Waals surface area contributed by atoms with Crippen LogP contribution in [0, 0.1) is 17.8 Å². The molecule has 0 aromatic carbocycles. The number of hydrogen-bond donors (Lipinski definition) is 0. The highest BCUT2D eigenvalue weighted by Gasteiger charge is 2.39. The summed E-state index contributed by atoms with van der Waals surface area (Å²) in [4.78, 5) is 11.7. The molecule has 0 N–H and O–H groups in total. The highest BCUT2D eigenvalue weighted by Crippen LogP contribution is 2.49. The van der Waals surface area contributed by atoms with Gasteiger partial charge in [0, 0.05) is 6.42 Å². The summed E-state index contributed by atoms with van der Waals surface area (Å²) in [7, 11) is 0. The lowest BCUT2D eigenvalue weighted by molar-refractivity contribution is -0.117. The van der Waals surface area contributed by atoms with Crippen molar-refractivity contribution >= 4 is 17.5 Å². The maximum absolute atomic E-state index is 11.7. The molecule has 2 fully saturated rings. The second-order valence-corrected chi connectivity index (χ2v) is 6.34. The van der Waals surface area contributed by atoms with Crippen molar-refractivity contribution in [3.8, 4) is 0 Å². The van der Waals surface area contributed by atoms with E-state index in [9.17, 15) is 4.79 Å². The molecule has 2 heteroatoms. The molecule has 0 aliphatic heterocycles. The Morgan fingerprint density at radius 1 is 1.33 bits per heavy atom. The van der Waals surface area contributed by atoms with E-state index in [0.717, 1.165) is 35.7 Å². The fourth-order valence-corrected chi connectivity index (χ4v) is 4.09. The molecule has 2 aliphatic carbocycles. The van der Waals surface area contributed by atoms with E-state index in [4.69, 9.17) is 0 Å². The Morgan fingerprint density at radius 2 is 2.20 bits per heavy atom. The zero-order chi connectivity index (χ0) is 10.7. The van der Waals surface area contributed by atoms with E-state index in [1.807, 2.05) is 11.8 Å². The molecule has 0 heterocycles. The third-order valence-corrected chi connectivity index (χ3v) is 5.21. The summed E-state index contributed by atoms with van der Waals surface area (Å²) in [6.45, 7) is 2.17. The van der Waals surface area contributed by atoms with Gasteiger partial charge >= 0.3 is 0 Å². The van der Waals surface area contributed by atoms with Crippen molar-refractivity contribution in [1.29, 1.82) is 0 Å². The largest absolute Gasteiger partial charge is 0.299 e. The van der Waals surface area contributed by atoms with Crippen LogP contribution in [0.2, 0.25) is 0 Å². The molecule has 3 atom stereocenters. The first-order chi connectivity index (χ1) is 7.29. The normalized spacial score (nSPS) is 33.5. The molecular weight excluding hydrogens is 204 g/mol. The number of hydrogen-bond acceptors (Lipinski definition) is 2. The molecule has 86 valence electrons. The van der Waals surface area contributed by atoms with Gasteiger partial charge in [0.05, 0.1) is 5.75 Å². The summed E-state index contributed by atoms with van der Waals surface area (Å²) < 4.78 is 0. The number of carbonyl (C=O) groups is 1. The monoisotopic (exact) mass is 226 g/mol. The number of Topliss-reactive ketones (excluding diaryl/α,β-unsaturated/α-hetero) is 1. The number of thioether (sulfide) groups is 1. The molecule has 2 aliphatic rings. The van der Waals surface area contributed by atoms with Gasteiger partial charge in [-0.2, -0.15) is 11.8 Å². The molecule has 0 amide bonds. The van der Waals surface area contributed by atoms with Crippen LogP contribution in [0.3, 0.4) is 0 Å². The van der Waals surface area contributed by atoms with Crippen LogP contribution in [-0.2, 0) is 4.79 Å². The minimum absolute atomic E-state index is 0.506. The van der Waals surface area contributed by atoms with Gasteiger partial charge in [-0.3, -0.25) is 4.79 Å². The highest BCUT2D eigenvalue weighted by molar-refractivity contribution is 7.99. The predicted molar refractivity (Wildman–Crippen MR) is 66.2 cm³/mol. The van der Waals surface area contributed by atoms with E-state index >= 15 is 0 Å². The molecule has 15 heavy (non-hydrogen) atoms. The first-order valence-electron chi connectivity index (χ1n) is 6.39. The van der Waals surface area contributed by atoms with Gasteiger partial charge in [-0.25, -0.2) is 0 Å². The van der Waals surface area contributed by atoms with Crippen LogP contribution in [0.1, 0.15) is 45.4 Å². The third-order valence-electron chi connectivity index (χ3n) is 3.99. The molecule has 0 aromatic heterocycles. The average Bonchev–Trinajstić information content (AvgIpc) is 2.79. The van der Waals surface area contributed by atoms with Crippen molar-refractivity contribution in [2.75, 3.05) is 11.5 Å². The maximum atomic E-state index is 11.7. The Morgan fingerprint density at radius 3 is 2.80 bits per heavy atom. The van der Waals surface area contributed by atoms with Crippen molar-refractivity contribution in [1.82, 2.24) is 0 Å². The van der Waals surface area contributed by atoms with Crippen molar-refractivity contribution < 1.29 is 4.79 Å². The highest BCUT2D eigenvalue weighted by atomic mass is 32.2. The predicted octanol–water partition coefficient (Wildman–Crippen LogP) is 3.53. The molecule has 0 saturated heterocycles. The van der Waals surface area contributed by atoms with Gasteiger partial charge < -0.3 is 0 Å². The van der Waals surface area contributed by atoms with Crippen LogP contribution in [0.15, 0.2) is 0 Å². The lowest BCUT2D eigenvalue weighted by atomic mass is 9.85. The van der Waals surface area contributed by atoms with Gasteiger partial charge in [0.25, 0.3) is 0 Å². The van der Waals surface area contributed by atoms with Crippen molar-refractivity contribution in [3.05, 3.63) is 0 Å². The standard InChI is InChI=1S/C13H22OS/c1-2-5-15-9-13(14)8-12-7-10-3-4-11(12)6-10/h10-12H,2-9H2,1H3. The fraction of sp³-hybridized carbons (Fsp3) is 0.923. The Labute approximate surface area is 97.4 Å². The minimum Gasteiger partial charge on any atom is -0.299 e. The molecule has 0 radical (unpaired) electrons. The fourth-order valence-electron chi connectivity index (χ4n) is 3.31. The number of carbonyl (C=O) groups excluding carboxylic acids is 1. The molecular formula is C13H22OS. The lowest BCUT2D eigenvalue weighted by Crippen LogP contribution is -2.16. The maximum Gasteiger partial charge on any atom is 0.143 e. The summed E-state index contributed by atoms with van der Waals surface area (Å²) in [5, 5.41) is 0. The molecule has 0 aromatic rings. The van der Waals surface area contributed by atoms with Crippen molar-refractivity contribution in [2.24, 2.45) is 17.8 Å². The molecule has 0 spiro atoms. The van der Waals surface area contributed by atoms with Gasteiger partial charge in [-0.15, -0.1) is 0 Å². The van der Waals surface area contributed by atoms with Gasteiger partial charge in [-0.1, -0.05) is 13.3 Å². The van der Waals surface area contributed by atoms with Gasteiger partial charge in [0.1, 0.15) is 5.78 Å². The Balaban J connectivity index is 1.66. The lowest BCUT2D eigenvalue weighted by Gasteiger charge is -2.20. The van der Waals surface area contributed by atoms with E-state index in [-0.39, 0.29) is 0 Å². The summed E-state index contributed by atoms with van der Waals surface area (Å²) in [5.74, 6) is 5.07.